The Morgan fingerprint density at radius 1 is 1.23 bits per heavy atom. The molecule has 0 bridgehead atoms. The van der Waals surface area contributed by atoms with Crippen molar-refractivity contribution in [3.63, 3.8) is 0 Å². The average molecular weight is 441 g/mol. The molecular weight excluding hydrogens is 396 g/mol. The molecular formula is C25H44O6. The Morgan fingerprint density at radius 2 is 1.94 bits per heavy atom. The number of aliphatic hydroxyl groups is 1. The smallest absolute Gasteiger partial charge is 0.163 e. The first-order valence-electron chi connectivity index (χ1n) is 11.9. The van der Waals surface area contributed by atoms with Crippen molar-refractivity contribution >= 4 is 5.78 Å². The summed E-state index contributed by atoms with van der Waals surface area (Å²) in [5.74, 6) is -0.913. The number of carbonyl (C=O) groups excluding carboxylic acids is 1. The van der Waals surface area contributed by atoms with Crippen LogP contribution in [0.25, 0.3) is 0 Å². The van der Waals surface area contributed by atoms with Crippen molar-refractivity contribution in [1.82, 2.24) is 0 Å². The first-order chi connectivity index (χ1) is 14.4. The molecule has 5 atom stereocenters. The molecule has 0 aromatic carbocycles. The van der Waals surface area contributed by atoms with Gasteiger partial charge in [-0.25, -0.2) is 0 Å². The van der Waals surface area contributed by atoms with Crippen LogP contribution in [0, 0.1) is 11.3 Å². The van der Waals surface area contributed by atoms with E-state index in [1.807, 2.05) is 41.5 Å². The Hall–Kier alpha value is -0.790. The zero-order valence-corrected chi connectivity index (χ0v) is 20.6. The van der Waals surface area contributed by atoms with Gasteiger partial charge in [-0.05, 0) is 71.8 Å². The molecule has 31 heavy (non-hydrogen) atoms. The van der Waals surface area contributed by atoms with Crippen molar-refractivity contribution in [3.05, 3.63) is 11.6 Å². The van der Waals surface area contributed by atoms with Crippen LogP contribution in [0.4, 0.5) is 0 Å². The Balaban J connectivity index is 2.18. The van der Waals surface area contributed by atoms with Gasteiger partial charge < -0.3 is 24.1 Å². The maximum absolute atomic E-state index is 13.7. The zero-order valence-electron chi connectivity index (χ0n) is 20.6. The Kier molecular flexibility index (Phi) is 9.71. The van der Waals surface area contributed by atoms with Crippen LogP contribution in [-0.4, -0.2) is 54.5 Å². The topological polar surface area (TPSA) is 74.2 Å². The van der Waals surface area contributed by atoms with Gasteiger partial charge in [0.25, 0.3) is 0 Å². The molecule has 2 aliphatic rings. The van der Waals surface area contributed by atoms with Crippen LogP contribution >= 0.6 is 0 Å². The van der Waals surface area contributed by atoms with Gasteiger partial charge in [-0.15, -0.1) is 0 Å². The second-order valence-corrected chi connectivity index (χ2v) is 10.2. The summed E-state index contributed by atoms with van der Waals surface area (Å²) in [5, 5.41) is 9.60. The van der Waals surface area contributed by atoms with Gasteiger partial charge in [0, 0.05) is 12.5 Å². The lowest BCUT2D eigenvalue weighted by molar-refractivity contribution is -0.289. The van der Waals surface area contributed by atoms with Crippen molar-refractivity contribution in [1.29, 1.82) is 0 Å². The Bertz CT molecular complexity index is 603. The van der Waals surface area contributed by atoms with E-state index < -0.39 is 11.2 Å². The number of Topliss-reactive ketones (excluding diaryl/α,β-unsaturated/α-hetero) is 1. The number of carbonyl (C=O) groups is 1. The molecule has 0 radical (unpaired) electrons. The van der Waals surface area contributed by atoms with E-state index in [-0.39, 0.29) is 36.3 Å². The fraction of sp³-hybridized carbons (Fsp3) is 0.880. The fourth-order valence-electron chi connectivity index (χ4n) is 4.51. The van der Waals surface area contributed by atoms with Gasteiger partial charge in [-0.1, -0.05) is 26.8 Å². The quantitative estimate of drug-likeness (QED) is 0.493. The summed E-state index contributed by atoms with van der Waals surface area (Å²) >= 11 is 0. The molecule has 2 rings (SSSR count). The molecule has 2 aliphatic heterocycles. The van der Waals surface area contributed by atoms with Crippen LogP contribution < -0.4 is 0 Å². The molecule has 6 nitrogen and oxygen atoms in total. The molecule has 0 saturated carbocycles. The predicted molar refractivity (Wildman–Crippen MR) is 121 cm³/mol. The number of ketones is 1. The molecule has 0 spiro atoms. The van der Waals surface area contributed by atoms with Crippen molar-refractivity contribution in [3.8, 4) is 0 Å². The molecule has 180 valence electrons. The summed E-state index contributed by atoms with van der Waals surface area (Å²) in [5.41, 5.74) is 0.342. The zero-order chi connectivity index (χ0) is 23.2. The molecule has 0 aromatic heterocycles. The number of rotatable bonds is 10. The third-order valence-corrected chi connectivity index (χ3v) is 6.50. The van der Waals surface area contributed by atoms with Crippen LogP contribution in [0.15, 0.2) is 11.6 Å². The predicted octanol–water partition coefficient (Wildman–Crippen LogP) is 4.78. The second kappa shape index (κ2) is 11.4. The van der Waals surface area contributed by atoms with Crippen molar-refractivity contribution in [2.45, 2.75) is 117 Å². The van der Waals surface area contributed by atoms with E-state index in [1.165, 1.54) is 0 Å². The maximum atomic E-state index is 13.7. The average Bonchev–Trinajstić information content (AvgIpc) is 2.70. The lowest BCUT2D eigenvalue weighted by Gasteiger charge is -2.44. The van der Waals surface area contributed by atoms with E-state index in [2.05, 4.69) is 6.08 Å². The minimum Gasteiger partial charge on any atom is -0.393 e. The van der Waals surface area contributed by atoms with E-state index in [0.29, 0.717) is 26.1 Å². The number of hydrogen-bond acceptors (Lipinski definition) is 6. The van der Waals surface area contributed by atoms with Crippen LogP contribution in [0.3, 0.4) is 0 Å². The van der Waals surface area contributed by atoms with Crippen LogP contribution in [-0.2, 0) is 23.7 Å². The first-order valence-corrected chi connectivity index (χ1v) is 11.9. The van der Waals surface area contributed by atoms with Crippen molar-refractivity contribution < 1.29 is 28.8 Å². The fourth-order valence-corrected chi connectivity index (χ4v) is 4.51. The van der Waals surface area contributed by atoms with Gasteiger partial charge in [0.05, 0.1) is 30.3 Å². The van der Waals surface area contributed by atoms with E-state index in [4.69, 9.17) is 18.9 Å². The summed E-state index contributed by atoms with van der Waals surface area (Å²) in [6, 6.07) is 0. The largest absolute Gasteiger partial charge is 0.393 e. The van der Waals surface area contributed by atoms with Crippen LogP contribution in [0.2, 0.25) is 0 Å². The van der Waals surface area contributed by atoms with Gasteiger partial charge >= 0.3 is 0 Å². The number of hydrogen-bond donors (Lipinski definition) is 1. The highest BCUT2D eigenvalue weighted by Gasteiger charge is 2.46. The summed E-state index contributed by atoms with van der Waals surface area (Å²) < 4.78 is 24.0. The molecule has 6 heteroatoms. The van der Waals surface area contributed by atoms with Gasteiger partial charge in [0.1, 0.15) is 5.78 Å². The molecule has 1 N–H and O–H groups in total. The lowest BCUT2D eigenvalue weighted by atomic mass is 9.73. The highest BCUT2D eigenvalue weighted by Crippen LogP contribution is 2.38. The normalized spacial score (nSPS) is 28.1. The maximum Gasteiger partial charge on any atom is 0.163 e. The number of aliphatic hydroxyl groups excluding tert-OH is 1. The summed E-state index contributed by atoms with van der Waals surface area (Å²) in [6.45, 7) is 14.8. The third kappa shape index (κ3) is 7.64. The second-order valence-electron chi connectivity index (χ2n) is 10.2. The molecule has 0 aliphatic carbocycles. The monoisotopic (exact) mass is 440 g/mol. The highest BCUT2D eigenvalue weighted by atomic mass is 16.7. The highest BCUT2D eigenvalue weighted by molar-refractivity contribution is 5.87. The van der Waals surface area contributed by atoms with E-state index in [0.717, 1.165) is 31.3 Å². The Labute approximate surface area is 188 Å². The van der Waals surface area contributed by atoms with E-state index >= 15 is 0 Å². The Morgan fingerprint density at radius 3 is 2.52 bits per heavy atom. The van der Waals surface area contributed by atoms with E-state index in [1.54, 1.807) is 6.92 Å². The van der Waals surface area contributed by atoms with Gasteiger partial charge in [0.15, 0.2) is 12.1 Å². The van der Waals surface area contributed by atoms with Crippen LogP contribution in [0.5, 0.6) is 0 Å². The van der Waals surface area contributed by atoms with Crippen LogP contribution in [0.1, 0.15) is 87.0 Å². The SMILES string of the molecule is C/C(=C\CCC(C)O)[C@H](OC1CCCCO1)C(C)C(=O)C(C)(C)[C@@H]1CCOC(C)(C)O1. The minimum atomic E-state index is -0.688. The summed E-state index contributed by atoms with van der Waals surface area (Å²) in [4.78, 5) is 13.7. The summed E-state index contributed by atoms with van der Waals surface area (Å²) in [7, 11) is 0. The van der Waals surface area contributed by atoms with Gasteiger partial charge in [0.2, 0.25) is 0 Å². The first kappa shape index (κ1) is 26.5. The summed E-state index contributed by atoms with van der Waals surface area (Å²) in [6.07, 6.45) is 5.97. The molecule has 2 saturated heterocycles. The molecule has 2 heterocycles. The number of ether oxygens (including phenoxy) is 4. The van der Waals surface area contributed by atoms with Gasteiger partial charge in [-0.2, -0.15) is 0 Å². The lowest BCUT2D eigenvalue weighted by Crippen LogP contribution is -2.51. The molecule has 0 amide bonds. The van der Waals surface area contributed by atoms with Crippen molar-refractivity contribution in [2.75, 3.05) is 13.2 Å². The number of allylic oxidation sites excluding steroid dienone is 1. The standard InChI is InChI=1S/C25H44O6/c1-17(11-10-12-18(2)26)22(30-21-13-8-9-15-28-21)19(3)23(27)24(4,5)20-14-16-29-25(6,7)31-20/h11,18-22,26H,8-10,12-16H2,1-7H3/b17-11+/t18?,19?,20-,21?,22-/m0/s1. The third-order valence-electron chi connectivity index (χ3n) is 6.50. The van der Waals surface area contributed by atoms with Gasteiger partial charge in [-0.3, -0.25) is 4.79 Å². The molecule has 2 fully saturated rings. The molecule has 3 unspecified atom stereocenters. The minimum absolute atomic E-state index is 0.124. The molecule has 0 aromatic rings. The van der Waals surface area contributed by atoms with E-state index in [9.17, 15) is 9.90 Å². The van der Waals surface area contributed by atoms with Crippen molar-refractivity contribution in [2.24, 2.45) is 11.3 Å².